The lowest BCUT2D eigenvalue weighted by atomic mass is 10.1. The molecular weight excluding hydrogens is 444 g/mol. The van der Waals surface area contributed by atoms with E-state index in [2.05, 4.69) is 20.7 Å². The van der Waals surface area contributed by atoms with Crippen LogP contribution in [0.3, 0.4) is 0 Å². The minimum absolute atomic E-state index is 0.0462. The second kappa shape index (κ2) is 11.4. The fourth-order valence-electron chi connectivity index (χ4n) is 3.50. The van der Waals surface area contributed by atoms with Gasteiger partial charge in [0.2, 0.25) is 5.91 Å². The molecule has 1 aliphatic heterocycles. The van der Waals surface area contributed by atoms with Gasteiger partial charge in [-0.2, -0.15) is 5.11 Å². The monoisotopic (exact) mass is 470 g/mol. The second-order valence-corrected chi connectivity index (χ2v) is 8.06. The van der Waals surface area contributed by atoms with Gasteiger partial charge in [-0.15, -0.1) is 0 Å². The first-order valence-electron chi connectivity index (χ1n) is 10.6. The molecule has 3 rings (SSSR count). The maximum Gasteiger partial charge on any atom is 0.270 e. The molecule has 0 aliphatic carbocycles. The van der Waals surface area contributed by atoms with Gasteiger partial charge in [-0.05, 0) is 17.7 Å². The molecule has 10 heteroatoms. The molecule has 33 heavy (non-hydrogen) atoms. The first-order valence-corrected chi connectivity index (χ1v) is 11.0. The molecule has 0 spiro atoms. The summed E-state index contributed by atoms with van der Waals surface area (Å²) in [6.07, 6.45) is 4.26. The predicted octanol–water partition coefficient (Wildman–Crippen LogP) is 3.60. The lowest BCUT2D eigenvalue weighted by Crippen LogP contribution is -2.40. The molecule has 1 aliphatic rings. The van der Waals surface area contributed by atoms with E-state index in [1.165, 1.54) is 6.20 Å². The topological polar surface area (TPSA) is 120 Å². The minimum atomic E-state index is -0.352. The number of carbonyl (C=O) groups is 2. The van der Waals surface area contributed by atoms with Crippen molar-refractivity contribution < 1.29 is 14.3 Å². The maximum atomic E-state index is 12.7. The van der Waals surface area contributed by atoms with Crippen molar-refractivity contribution in [3.05, 3.63) is 64.6 Å². The van der Waals surface area contributed by atoms with Crippen LogP contribution in [0.5, 0.6) is 5.75 Å². The van der Waals surface area contributed by atoms with Crippen LogP contribution >= 0.6 is 11.6 Å². The van der Waals surface area contributed by atoms with E-state index in [1.807, 2.05) is 12.1 Å². The summed E-state index contributed by atoms with van der Waals surface area (Å²) in [5, 5.41) is 9.88. The third-order valence-electron chi connectivity index (χ3n) is 5.32. The van der Waals surface area contributed by atoms with Crippen molar-refractivity contribution in [3.63, 3.8) is 0 Å². The summed E-state index contributed by atoms with van der Waals surface area (Å²) >= 11 is 5.91. The zero-order valence-corrected chi connectivity index (χ0v) is 19.4. The minimum Gasteiger partial charge on any atom is -0.489 e. The van der Waals surface area contributed by atoms with Gasteiger partial charge in [-0.25, -0.2) is 5.53 Å². The van der Waals surface area contributed by atoms with Gasteiger partial charge in [-0.1, -0.05) is 23.7 Å². The molecule has 0 unspecified atom stereocenters. The Morgan fingerprint density at radius 1 is 1.30 bits per heavy atom. The van der Waals surface area contributed by atoms with Gasteiger partial charge in [0.25, 0.3) is 5.91 Å². The largest absolute Gasteiger partial charge is 0.489 e. The maximum absolute atomic E-state index is 12.7. The van der Waals surface area contributed by atoms with Crippen LogP contribution in [0.1, 0.15) is 41.4 Å². The number of ether oxygens (including phenoxy) is 1. The number of halogens is 1. The Hall–Kier alpha value is -3.46. The molecule has 0 bridgehead atoms. The van der Waals surface area contributed by atoms with Crippen LogP contribution in [0, 0.1) is 5.53 Å². The van der Waals surface area contributed by atoms with Crippen molar-refractivity contribution in [2.75, 3.05) is 20.1 Å². The smallest absolute Gasteiger partial charge is 0.270 e. The molecular formula is C23H27ClN6O3. The molecule has 1 saturated heterocycles. The average Bonchev–Trinajstić information content (AvgIpc) is 2.82. The quantitative estimate of drug-likeness (QED) is 0.509. The Kier molecular flexibility index (Phi) is 8.37. The van der Waals surface area contributed by atoms with Crippen LogP contribution in [-0.2, 0) is 11.3 Å². The van der Waals surface area contributed by atoms with Crippen LogP contribution in [-0.4, -0.2) is 47.9 Å². The number of pyridine rings is 1. The summed E-state index contributed by atoms with van der Waals surface area (Å²) in [7, 11) is 1.70. The third-order valence-corrected chi connectivity index (χ3v) is 5.58. The van der Waals surface area contributed by atoms with E-state index in [-0.39, 0.29) is 23.6 Å². The van der Waals surface area contributed by atoms with Crippen molar-refractivity contribution in [3.8, 4) is 5.75 Å². The van der Waals surface area contributed by atoms with Gasteiger partial charge < -0.3 is 20.3 Å². The Balaban J connectivity index is 1.79. The standard InChI is InChI=1S/C23H27ClN6O3/c1-15(31)30-9-7-18(8-10-30)33-22-11-20(27-13-19(22)21(29-25)14-26-2)23(32)28-12-16-3-5-17(24)6-4-16/h3-6,11,13-14,18,25-26H,7-10,12H2,1-2H3,(H,28,32)/b21-14-,29-25?. The van der Waals surface area contributed by atoms with Gasteiger partial charge in [0.1, 0.15) is 23.2 Å². The highest BCUT2D eigenvalue weighted by atomic mass is 35.5. The second-order valence-electron chi connectivity index (χ2n) is 7.63. The van der Waals surface area contributed by atoms with E-state index in [0.717, 1.165) is 5.56 Å². The number of amides is 2. The molecule has 0 saturated carbocycles. The van der Waals surface area contributed by atoms with Crippen molar-refractivity contribution in [1.29, 1.82) is 5.53 Å². The van der Waals surface area contributed by atoms with E-state index < -0.39 is 0 Å². The fraction of sp³-hybridized carbons (Fsp3) is 0.348. The zero-order chi connectivity index (χ0) is 23.8. The number of hydrogen-bond acceptors (Lipinski definition) is 7. The zero-order valence-electron chi connectivity index (χ0n) is 18.6. The highest BCUT2D eigenvalue weighted by molar-refractivity contribution is 6.30. The Morgan fingerprint density at radius 3 is 2.61 bits per heavy atom. The summed E-state index contributed by atoms with van der Waals surface area (Å²) in [6, 6.07) is 8.77. The van der Waals surface area contributed by atoms with Crippen molar-refractivity contribution in [1.82, 2.24) is 20.5 Å². The summed E-state index contributed by atoms with van der Waals surface area (Å²) in [5.74, 6) is 0.111. The molecule has 9 nitrogen and oxygen atoms in total. The van der Waals surface area contributed by atoms with Crippen LogP contribution in [0.4, 0.5) is 0 Å². The number of nitrogens with zero attached hydrogens (tertiary/aromatic N) is 3. The van der Waals surface area contributed by atoms with Gasteiger partial charge in [0, 0.05) is 69.9 Å². The SMILES string of the molecule is CN/C=C(\N=N)c1cnc(C(=O)NCc2ccc(Cl)cc2)cc1OC1CCN(C(C)=O)CC1. The summed E-state index contributed by atoms with van der Waals surface area (Å²) in [6.45, 7) is 3.10. The van der Waals surface area contributed by atoms with Gasteiger partial charge in [-0.3, -0.25) is 14.6 Å². The number of nitrogens with one attached hydrogen (secondary N) is 3. The molecule has 0 atom stereocenters. The number of likely N-dealkylation sites (tertiary alicyclic amines) is 1. The number of rotatable bonds is 8. The van der Waals surface area contributed by atoms with E-state index in [4.69, 9.17) is 21.9 Å². The number of hydrogen-bond donors (Lipinski definition) is 3. The number of piperidine rings is 1. The molecule has 1 fully saturated rings. The number of aromatic nitrogens is 1. The van der Waals surface area contributed by atoms with Crippen molar-refractivity contribution in [2.45, 2.75) is 32.4 Å². The fourth-order valence-corrected chi connectivity index (χ4v) is 3.63. The number of carbonyl (C=O) groups excluding carboxylic acids is 2. The Bertz CT molecular complexity index is 1030. The molecule has 0 radical (unpaired) electrons. The summed E-state index contributed by atoms with van der Waals surface area (Å²) < 4.78 is 6.23. The number of benzene rings is 1. The Morgan fingerprint density at radius 2 is 2.00 bits per heavy atom. The van der Waals surface area contributed by atoms with Crippen molar-refractivity contribution >= 4 is 29.1 Å². The molecule has 2 amide bonds. The van der Waals surface area contributed by atoms with Gasteiger partial charge in [0.05, 0.1) is 5.56 Å². The first-order chi connectivity index (χ1) is 15.9. The van der Waals surface area contributed by atoms with E-state index in [0.29, 0.717) is 54.5 Å². The van der Waals surface area contributed by atoms with Crippen molar-refractivity contribution in [2.24, 2.45) is 5.11 Å². The molecule has 2 heterocycles. The summed E-state index contributed by atoms with van der Waals surface area (Å²) in [5.41, 5.74) is 9.44. The molecule has 174 valence electrons. The van der Waals surface area contributed by atoms with E-state index >= 15 is 0 Å². The average molecular weight is 471 g/mol. The first kappa shape index (κ1) is 24.2. The van der Waals surface area contributed by atoms with Crippen LogP contribution in [0.15, 0.2) is 47.8 Å². The van der Waals surface area contributed by atoms with Crippen LogP contribution in [0.25, 0.3) is 5.70 Å². The van der Waals surface area contributed by atoms with E-state index in [9.17, 15) is 9.59 Å². The molecule has 2 aromatic rings. The predicted molar refractivity (Wildman–Crippen MR) is 125 cm³/mol. The summed E-state index contributed by atoms with van der Waals surface area (Å²) in [4.78, 5) is 30.4. The molecule has 1 aromatic carbocycles. The van der Waals surface area contributed by atoms with Gasteiger partial charge in [0.15, 0.2) is 0 Å². The van der Waals surface area contributed by atoms with Gasteiger partial charge >= 0.3 is 0 Å². The third kappa shape index (κ3) is 6.52. The highest BCUT2D eigenvalue weighted by Crippen LogP contribution is 2.29. The van der Waals surface area contributed by atoms with Crippen LogP contribution < -0.4 is 15.4 Å². The Labute approximate surface area is 197 Å². The lowest BCUT2D eigenvalue weighted by molar-refractivity contribution is -0.130. The molecule has 1 aromatic heterocycles. The normalized spacial score (nSPS) is 14.5. The molecule has 3 N–H and O–H groups in total. The van der Waals surface area contributed by atoms with Crippen LogP contribution in [0.2, 0.25) is 5.02 Å². The highest BCUT2D eigenvalue weighted by Gasteiger charge is 2.24. The lowest BCUT2D eigenvalue weighted by Gasteiger charge is -2.32. The van der Waals surface area contributed by atoms with E-state index in [1.54, 1.807) is 43.3 Å².